The number of fused-ring (bicyclic) bond motifs is 1. The summed E-state index contributed by atoms with van der Waals surface area (Å²) in [7, 11) is 3.59. The van der Waals surface area contributed by atoms with E-state index in [4.69, 9.17) is 14.6 Å². The summed E-state index contributed by atoms with van der Waals surface area (Å²) in [4.78, 5) is 29.5. The van der Waals surface area contributed by atoms with Crippen LogP contribution in [0.25, 0.3) is 0 Å². The zero-order valence-electron chi connectivity index (χ0n) is 15.9. The van der Waals surface area contributed by atoms with Crippen LogP contribution in [0.2, 0.25) is 0 Å². The molecule has 0 radical (unpaired) electrons. The molecule has 2 aliphatic rings. The number of carboxylic acid groups (broad SMARTS) is 1. The average molecular weight is 423 g/mol. The van der Waals surface area contributed by atoms with E-state index in [0.29, 0.717) is 5.92 Å². The fraction of sp³-hybridized carbons (Fsp3) is 0.706. The van der Waals surface area contributed by atoms with E-state index < -0.39 is 12.1 Å². The largest absolute Gasteiger partial charge is 0.490 e. The molecule has 1 aromatic rings. The number of ether oxygens (including phenoxy) is 1. The van der Waals surface area contributed by atoms with Crippen LogP contribution in [-0.2, 0) is 20.9 Å². The molecule has 1 aromatic heterocycles. The zero-order chi connectivity index (χ0) is 21.1. The van der Waals surface area contributed by atoms with E-state index in [1.54, 1.807) is 30.3 Å². The van der Waals surface area contributed by atoms with Crippen molar-refractivity contribution in [2.24, 2.45) is 5.92 Å². The summed E-state index contributed by atoms with van der Waals surface area (Å²) in [6, 6.07) is 0. The standard InChI is InChI=1S/C15H23N3O2S.C2HF3O2/c1-10-16-12(9-21-10)7-18-5-4-11-6-13(15(19)17(2)3)20-14(11)8-18;3-2(4,5)1(6)7/h9,11,13-14H,4-8H2,1-3H3;(H,6,7)/t11-,13-,14+;/m0./s1. The number of carbonyl (C=O) groups is 2. The van der Waals surface area contributed by atoms with Crippen LogP contribution >= 0.6 is 11.3 Å². The first-order chi connectivity index (χ1) is 13.0. The van der Waals surface area contributed by atoms with E-state index in [1.807, 2.05) is 6.92 Å². The first kappa shape index (κ1) is 22.6. The summed E-state index contributed by atoms with van der Waals surface area (Å²) in [5.41, 5.74) is 1.15. The van der Waals surface area contributed by atoms with Crippen molar-refractivity contribution >= 4 is 23.2 Å². The van der Waals surface area contributed by atoms with Gasteiger partial charge in [0, 0.05) is 32.6 Å². The van der Waals surface area contributed by atoms with Crippen molar-refractivity contribution in [3.8, 4) is 0 Å². The molecular weight excluding hydrogens is 399 g/mol. The van der Waals surface area contributed by atoms with Crippen LogP contribution in [0.3, 0.4) is 0 Å². The van der Waals surface area contributed by atoms with Crippen molar-refractivity contribution in [3.05, 3.63) is 16.1 Å². The van der Waals surface area contributed by atoms with Crippen molar-refractivity contribution in [2.75, 3.05) is 27.2 Å². The summed E-state index contributed by atoms with van der Waals surface area (Å²) in [5.74, 6) is -2.12. The van der Waals surface area contributed by atoms with Gasteiger partial charge in [-0.15, -0.1) is 11.3 Å². The average Bonchev–Trinajstić information content (AvgIpc) is 3.19. The number of thiazole rings is 1. The van der Waals surface area contributed by atoms with E-state index in [0.717, 1.165) is 43.2 Å². The Labute approximate surface area is 165 Å². The molecule has 0 spiro atoms. The molecule has 11 heteroatoms. The SMILES string of the molecule is Cc1nc(CN2CC[C@H]3C[C@@H](C(=O)N(C)C)O[C@@H]3C2)cs1.O=C(O)C(F)(F)F. The second kappa shape index (κ2) is 9.19. The molecule has 2 fully saturated rings. The van der Waals surface area contributed by atoms with Gasteiger partial charge in [-0.1, -0.05) is 0 Å². The summed E-state index contributed by atoms with van der Waals surface area (Å²) >= 11 is 1.70. The van der Waals surface area contributed by atoms with E-state index in [-0.39, 0.29) is 18.1 Å². The highest BCUT2D eigenvalue weighted by Gasteiger charge is 2.42. The van der Waals surface area contributed by atoms with Gasteiger partial charge in [0.2, 0.25) is 0 Å². The number of carboxylic acids is 1. The molecule has 7 nitrogen and oxygen atoms in total. The fourth-order valence-electron chi connectivity index (χ4n) is 3.29. The molecule has 1 amide bonds. The number of rotatable bonds is 3. The van der Waals surface area contributed by atoms with Gasteiger partial charge in [0.15, 0.2) is 0 Å². The number of hydrogen-bond acceptors (Lipinski definition) is 6. The Kier molecular flexibility index (Phi) is 7.40. The minimum Gasteiger partial charge on any atom is -0.475 e. The van der Waals surface area contributed by atoms with Gasteiger partial charge in [-0.25, -0.2) is 9.78 Å². The quantitative estimate of drug-likeness (QED) is 0.802. The third-order valence-electron chi connectivity index (χ3n) is 4.65. The van der Waals surface area contributed by atoms with Gasteiger partial charge in [-0.05, 0) is 32.2 Å². The molecule has 0 bridgehead atoms. The molecule has 2 aliphatic heterocycles. The molecule has 28 heavy (non-hydrogen) atoms. The number of halogens is 3. The third-order valence-corrected chi connectivity index (χ3v) is 5.47. The Morgan fingerprint density at radius 2 is 2.07 bits per heavy atom. The Morgan fingerprint density at radius 3 is 2.57 bits per heavy atom. The molecule has 0 saturated carbocycles. The highest BCUT2D eigenvalue weighted by molar-refractivity contribution is 7.09. The van der Waals surface area contributed by atoms with Crippen LogP contribution in [0.15, 0.2) is 5.38 Å². The maximum Gasteiger partial charge on any atom is 0.490 e. The van der Waals surface area contributed by atoms with Crippen LogP contribution in [0.1, 0.15) is 23.5 Å². The van der Waals surface area contributed by atoms with E-state index >= 15 is 0 Å². The number of likely N-dealkylation sites (tertiary alicyclic amines) is 1. The summed E-state index contributed by atoms with van der Waals surface area (Å²) in [6.07, 6.45) is -3.13. The predicted octanol–water partition coefficient (Wildman–Crippen LogP) is 2.15. The lowest BCUT2D eigenvalue weighted by Gasteiger charge is -2.33. The van der Waals surface area contributed by atoms with Crippen LogP contribution in [0.4, 0.5) is 13.2 Å². The molecule has 1 N–H and O–H groups in total. The highest BCUT2D eigenvalue weighted by atomic mass is 32.1. The minimum atomic E-state index is -5.08. The smallest absolute Gasteiger partial charge is 0.475 e. The van der Waals surface area contributed by atoms with Gasteiger partial charge in [0.1, 0.15) is 6.10 Å². The number of aliphatic carboxylic acids is 1. The third kappa shape index (κ3) is 6.14. The Balaban J connectivity index is 0.000000345. The van der Waals surface area contributed by atoms with Crippen LogP contribution in [0, 0.1) is 12.8 Å². The van der Waals surface area contributed by atoms with Gasteiger partial charge in [-0.2, -0.15) is 13.2 Å². The fourth-order valence-corrected chi connectivity index (χ4v) is 3.90. The zero-order valence-corrected chi connectivity index (χ0v) is 16.7. The number of hydrogen-bond donors (Lipinski definition) is 1. The second-order valence-electron chi connectivity index (χ2n) is 7.08. The first-order valence-corrected chi connectivity index (χ1v) is 9.65. The lowest BCUT2D eigenvalue weighted by molar-refractivity contribution is -0.192. The number of likely N-dealkylation sites (N-methyl/N-ethyl adjacent to an activating group) is 1. The molecule has 0 unspecified atom stereocenters. The molecule has 3 atom stereocenters. The molecule has 3 heterocycles. The minimum absolute atomic E-state index is 0.103. The number of nitrogens with zero attached hydrogens (tertiary/aromatic N) is 3. The summed E-state index contributed by atoms with van der Waals surface area (Å²) < 4.78 is 37.7. The van der Waals surface area contributed by atoms with Crippen molar-refractivity contribution in [1.29, 1.82) is 0 Å². The van der Waals surface area contributed by atoms with Crippen LogP contribution in [0.5, 0.6) is 0 Å². The first-order valence-electron chi connectivity index (χ1n) is 8.77. The topological polar surface area (TPSA) is 83.0 Å². The lowest BCUT2D eigenvalue weighted by Crippen LogP contribution is -2.42. The van der Waals surface area contributed by atoms with Crippen molar-refractivity contribution in [3.63, 3.8) is 0 Å². The van der Waals surface area contributed by atoms with Gasteiger partial charge in [-0.3, -0.25) is 9.69 Å². The Morgan fingerprint density at radius 1 is 1.43 bits per heavy atom. The predicted molar refractivity (Wildman–Crippen MR) is 95.9 cm³/mol. The molecule has 158 valence electrons. The molecule has 0 aliphatic carbocycles. The van der Waals surface area contributed by atoms with Gasteiger partial charge in [0.25, 0.3) is 5.91 Å². The summed E-state index contributed by atoms with van der Waals surface area (Å²) in [5, 5.41) is 10.4. The Hall–Kier alpha value is -1.72. The lowest BCUT2D eigenvalue weighted by atomic mass is 9.91. The maximum atomic E-state index is 12.0. The van der Waals surface area contributed by atoms with E-state index in [2.05, 4.69) is 15.3 Å². The Bertz CT molecular complexity index is 695. The molecule has 0 aromatic carbocycles. The number of aromatic nitrogens is 1. The molecular formula is C17H24F3N3O4S. The van der Waals surface area contributed by atoms with Gasteiger partial charge in [0.05, 0.1) is 16.8 Å². The monoisotopic (exact) mass is 423 g/mol. The number of amides is 1. The number of piperidine rings is 1. The van der Waals surface area contributed by atoms with E-state index in [1.165, 1.54) is 0 Å². The summed E-state index contributed by atoms with van der Waals surface area (Å²) in [6.45, 7) is 4.92. The van der Waals surface area contributed by atoms with E-state index in [9.17, 15) is 18.0 Å². The van der Waals surface area contributed by atoms with Crippen molar-refractivity contribution in [2.45, 2.75) is 44.7 Å². The molecule has 2 saturated heterocycles. The second-order valence-corrected chi connectivity index (χ2v) is 8.14. The maximum absolute atomic E-state index is 12.0. The number of alkyl halides is 3. The number of aryl methyl sites for hydroxylation is 1. The number of carbonyl (C=O) groups excluding carboxylic acids is 1. The van der Waals surface area contributed by atoms with Gasteiger partial charge >= 0.3 is 12.1 Å². The van der Waals surface area contributed by atoms with Crippen molar-refractivity contribution in [1.82, 2.24) is 14.8 Å². The van der Waals surface area contributed by atoms with Crippen molar-refractivity contribution < 1.29 is 32.6 Å². The van der Waals surface area contributed by atoms with Crippen LogP contribution < -0.4 is 0 Å². The van der Waals surface area contributed by atoms with Crippen LogP contribution in [-0.4, -0.2) is 77.3 Å². The normalized spacial score (nSPS) is 24.9. The van der Waals surface area contributed by atoms with Gasteiger partial charge < -0.3 is 14.7 Å². The highest BCUT2D eigenvalue weighted by Crippen LogP contribution is 2.34. The molecule has 3 rings (SSSR count).